The number of rotatable bonds is 3. The maximum absolute atomic E-state index is 11.6. The van der Waals surface area contributed by atoms with Gasteiger partial charge in [-0.05, 0) is 30.7 Å². The number of carbonyl (C=O) groups is 1. The van der Waals surface area contributed by atoms with Crippen LogP contribution >= 0.6 is 15.9 Å². The first kappa shape index (κ1) is 13.9. The summed E-state index contributed by atoms with van der Waals surface area (Å²) >= 11 is 3.18. The quantitative estimate of drug-likeness (QED) is 0.868. The van der Waals surface area contributed by atoms with E-state index in [1.807, 2.05) is 0 Å². The lowest BCUT2D eigenvalue weighted by Gasteiger charge is -2.05. The highest BCUT2D eigenvalue weighted by molar-refractivity contribution is 9.10. The van der Waals surface area contributed by atoms with Gasteiger partial charge in [0.2, 0.25) is 0 Å². The molecule has 0 aromatic heterocycles. The molecule has 4 nitrogen and oxygen atoms in total. The second-order valence-corrected chi connectivity index (χ2v) is 6.49. The Morgan fingerprint density at radius 2 is 2.00 bits per heavy atom. The molecule has 0 radical (unpaired) electrons. The van der Waals surface area contributed by atoms with E-state index in [0.29, 0.717) is 10.0 Å². The van der Waals surface area contributed by atoms with E-state index in [-0.39, 0.29) is 10.5 Å². The Labute approximate surface area is 108 Å². The number of sulfone groups is 1. The van der Waals surface area contributed by atoms with Crippen molar-refractivity contribution in [3.05, 3.63) is 33.8 Å². The molecule has 17 heavy (non-hydrogen) atoms. The Kier molecular flexibility index (Phi) is 4.11. The van der Waals surface area contributed by atoms with Crippen LogP contribution in [0.25, 0.3) is 6.08 Å². The van der Waals surface area contributed by atoms with E-state index >= 15 is 0 Å². The zero-order chi connectivity index (χ0) is 13.2. The van der Waals surface area contributed by atoms with Gasteiger partial charge in [0.25, 0.3) is 0 Å². The number of halogens is 1. The van der Waals surface area contributed by atoms with Crippen molar-refractivity contribution in [1.29, 1.82) is 0 Å². The van der Waals surface area contributed by atoms with E-state index < -0.39 is 15.8 Å². The Morgan fingerprint density at radius 3 is 2.47 bits per heavy atom. The molecule has 0 aliphatic heterocycles. The lowest BCUT2D eigenvalue weighted by Crippen LogP contribution is -2.02. The molecular formula is C11H11BrO4S. The number of carboxylic acid groups (broad SMARTS) is 1. The Balaban J connectivity index is 3.46. The van der Waals surface area contributed by atoms with Crippen molar-refractivity contribution in [3.63, 3.8) is 0 Å². The molecule has 1 aromatic rings. The SMILES string of the molecule is C/C(=C\c1ccc(Br)cc1S(C)(=O)=O)C(=O)O. The largest absolute Gasteiger partial charge is 0.478 e. The van der Waals surface area contributed by atoms with Gasteiger partial charge in [0, 0.05) is 16.3 Å². The van der Waals surface area contributed by atoms with Gasteiger partial charge >= 0.3 is 5.97 Å². The third-order valence-corrected chi connectivity index (χ3v) is 3.73. The van der Waals surface area contributed by atoms with Gasteiger partial charge in [-0.2, -0.15) is 0 Å². The molecule has 0 unspecified atom stereocenters. The van der Waals surface area contributed by atoms with Crippen molar-refractivity contribution in [2.24, 2.45) is 0 Å². The number of carboxylic acids is 1. The van der Waals surface area contributed by atoms with Crippen LogP contribution in [-0.2, 0) is 14.6 Å². The Morgan fingerprint density at radius 1 is 1.41 bits per heavy atom. The minimum Gasteiger partial charge on any atom is -0.478 e. The molecule has 0 amide bonds. The van der Waals surface area contributed by atoms with Gasteiger partial charge in [-0.25, -0.2) is 13.2 Å². The molecular weight excluding hydrogens is 308 g/mol. The molecule has 0 saturated carbocycles. The van der Waals surface area contributed by atoms with E-state index in [0.717, 1.165) is 6.26 Å². The lowest BCUT2D eigenvalue weighted by atomic mass is 10.1. The van der Waals surface area contributed by atoms with Crippen molar-refractivity contribution in [1.82, 2.24) is 0 Å². The first-order chi connectivity index (χ1) is 7.71. The van der Waals surface area contributed by atoms with Crippen molar-refractivity contribution in [3.8, 4) is 0 Å². The highest BCUT2D eigenvalue weighted by Gasteiger charge is 2.13. The second-order valence-electron chi connectivity index (χ2n) is 3.59. The highest BCUT2D eigenvalue weighted by atomic mass is 79.9. The predicted octanol–water partition coefficient (Wildman–Crippen LogP) is 2.34. The summed E-state index contributed by atoms with van der Waals surface area (Å²) in [7, 11) is -3.39. The summed E-state index contributed by atoms with van der Waals surface area (Å²) in [5, 5.41) is 8.76. The van der Waals surface area contributed by atoms with Gasteiger partial charge in [-0.1, -0.05) is 22.0 Å². The molecule has 92 valence electrons. The minimum atomic E-state index is -3.39. The molecule has 0 atom stereocenters. The third-order valence-electron chi connectivity index (χ3n) is 2.08. The summed E-state index contributed by atoms with van der Waals surface area (Å²) < 4.78 is 23.7. The normalized spacial score (nSPS) is 12.5. The van der Waals surface area contributed by atoms with Crippen molar-refractivity contribution < 1.29 is 18.3 Å². The fourth-order valence-electron chi connectivity index (χ4n) is 1.24. The fraction of sp³-hybridized carbons (Fsp3) is 0.182. The minimum absolute atomic E-state index is 0.0808. The monoisotopic (exact) mass is 318 g/mol. The summed E-state index contributed by atoms with van der Waals surface area (Å²) in [6.45, 7) is 1.41. The molecule has 0 spiro atoms. The van der Waals surface area contributed by atoms with Gasteiger partial charge in [0.15, 0.2) is 9.84 Å². The average Bonchev–Trinajstić information content (AvgIpc) is 2.18. The van der Waals surface area contributed by atoms with Crippen LogP contribution in [0.3, 0.4) is 0 Å². The summed E-state index contributed by atoms with van der Waals surface area (Å²) in [6.07, 6.45) is 2.42. The summed E-state index contributed by atoms with van der Waals surface area (Å²) in [5.41, 5.74) is 0.452. The van der Waals surface area contributed by atoms with E-state index in [1.54, 1.807) is 12.1 Å². The zero-order valence-electron chi connectivity index (χ0n) is 9.27. The maximum atomic E-state index is 11.6. The molecule has 1 N–H and O–H groups in total. The van der Waals surface area contributed by atoms with Crippen LogP contribution in [0.5, 0.6) is 0 Å². The van der Waals surface area contributed by atoms with Gasteiger partial charge in [0.1, 0.15) is 0 Å². The second kappa shape index (κ2) is 5.01. The van der Waals surface area contributed by atoms with E-state index in [1.165, 1.54) is 19.1 Å². The van der Waals surface area contributed by atoms with E-state index in [9.17, 15) is 13.2 Å². The van der Waals surface area contributed by atoms with Crippen molar-refractivity contribution in [2.45, 2.75) is 11.8 Å². The van der Waals surface area contributed by atoms with E-state index in [2.05, 4.69) is 15.9 Å². The molecule has 0 saturated heterocycles. The Hall–Kier alpha value is -1.14. The van der Waals surface area contributed by atoms with Crippen LogP contribution in [0.4, 0.5) is 0 Å². The molecule has 0 aliphatic carbocycles. The molecule has 0 aliphatic rings. The smallest absolute Gasteiger partial charge is 0.331 e. The van der Waals surface area contributed by atoms with Crippen molar-refractivity contribution >= 4 is 37.8 Å². The van der Waals surface area contributed by atoms with Crippen LogP contribution in [0.15, 0.2) is 33.1 Å². The average molecular weight is 319 g/mol. The van der Waals surface area contributed by atoms with Crippen LogP contribution in [0, 0.1) is 0 Å². The van der Waals surface area contributed by atoms with E-state index in [4.69, 9.17) is 5.11 Å². The van der Waals surface area contributed by atoms with Crippen LogP contribution < -0.4 is 0 Å². The lowest BCUT2D eigenvalue weighted by molar-refractivity contribution is -0.132. The summed E-state index contributed by atoms with van der Waals surface area (Å²) in [5.74, 6) is -1.08. The predicted molar refractivity (Wildman–Crippen MR) is 68.5 cm³/mol. The zero-order valence-corrected chi connectivity index (χ0v) is 11.7. The molecule has 0 heterocycles. The number of hydrogen-bond donors (Lipinski definition) is 1. The van der Waals surface area contributed by atoms with Gasteiger partial charge in [-0.3, -0.25) is 0 Å². The molecule has 0 bridgehead atoms. The highest BCUT2D eigenvalue weighted by Crippen LogP contribution is 2.23. The topological polar surface area (TPSA) is 71.4 Å². The molecule has 1 rings (SSSR count). The number of hydrogen-bond acceptors (Lipinski definition) is 3. The van der Waals surface area contributed by atoms with Crippen LogP contribution in [-0.4, -0.2) is 25.7 Å². The number of aliphatic carboxylic acids is 1. The number of benzene rings is 1. The van der Waals surface area contributed by atoms with Gasteiger partial charge in [-0.15, -0.1) is 0 Å². The molecule has 0 fully saturated rings. The fourth-order valence-corrected chi connectivity index (χ4v) is 2.65. The van der Waals surface area contributed by atoms with Gasteiger partial charge in [0.05, 0.1) is 4.90 Å². The standard InChI is InChI=1S/C11H11BrO4S/c1-7(11(13)14)5-8-3-4-9(12)6-10(8)17(2,15)16/h3-6H,1-2H3,(H,13,14)/b7-5+. The first-order valence-electron chi connectivity index (χ1n) is 4.63. The molecule has 6 heteroatoms. The third kappa shape index (κ3) is 3.67. The van der Waals surface area contributed by atoms with Crippen molar-refractivity contribution in [2.75, 3.05) is 6.26 Å². The van der Waals surface area contributed by atoms with Crippen LogP contribution in [0.2, 0.25) is 0 Å². The Bertz CT molecular complexity index is 587. The summed E-state index contributed by atoms with van der Waals surface area (Å²) in [6, 6.07) is 4.68. The van der Waals surface area contributed by atoms with Crippen LogP contribution in [0.1, 0.15) is 12.5 Å². The molecule has 1 aromatic carbocycles. The van der Waals surface area contributed by atoms with Gasteiger partial charge < -0.3 is 5.11 Å². The summed E-state index contributed by atoms with van der Waals surface area (Å²) in [4.78, 5) is 10.8. The first-order valence-corrected chi connectivity index (χ1v) is 7.31. The maximum Gasteiger partial charge on any atom is 0.331 e.